The lowest BCUT2D eigenvalue weighted by molar-refractivity contribution is 0.538. The van der Waals surface area contributed by atoms with E-state index in [1.165, 1.54) is 0 Å². The van der Waals surface area contributed by atoms with Crippen molar-refractivity contribution >= 4 is 32.2 Å². The number of hydrogen-bond donors (Lipinski definition) is 1. The minimum atomic E-state index is -0.235. The maximum Gasteiger partial charge on any atom is 0.193 e. The SMILES string of the molecule is CCNC(Cc1cn2ccsc2n1)c1ccc(Br)c(F)c1. The number of halogens is 2. The molecule has 6 heteroatoms. The zero-order valence-electron chi connectivity index (χ0n) is 11.5. The number of aromatic nitrogens is 2. The fourth-order valence-corrected chi connectivity index (χ4v) is 3.33. The number of benzene rings is 1. The molecular weight excluding hydrogens is 353 g/mol. The second-order valence-electron chi connectivity index (χ2n) is 4.81. The van der Waals surface area contributed by atoms with Gasteiger partial charge in [-0.1, -0.05) is 13.0 Å². The number of likely N-dealkylation sites (N-methyl/N-ethyl adjacent to an activating group) is 1. The van der Waals surface area contributed by atoms with E-state index in [-0.39, 0.29) is 11.9 Å². The molecule has 1 aromatic carbocycles. The fraction of sp³-hybridized carbons (Fsp3) is 0.267. The van der Waals surface area contributed by atoms with Gasteiger partial charge < -0.3 is 5.32 Å². The molecule has 0 bridgehead atoms. The Hall–Kier alpha value is -1.24. The number of nitrogens with zero attached hydrogens (tertiary/aromatic N) is 2. The topological polar surface area (TPSA) is 29.3 Å². The number of thiazole rings is 1. The summed E-state index contributed by atoms with van der Waals surface area (Å²) in [6.45, 7) is 2.87. The second-order valence-corrected chi connectivity index (χ2v) is 6.54. The van der Waals surface area contributed by atoms with Gasteiger partial charge in [-0.15, -0.1) is 11.3 Å². The standard InChI is InChI=1S/C15H15BrFN3S/c1-2-18-14(10-3-4-12(16)13(17)7-10)8-11-9-20-5-6-21-15(20)19-11/h3-7,9,14,18H,2,8H2,1H3. The molecule has 1 atom stereocenters. The predicted octanol–water partition coefficient (Wildman–Crippen LogP) is 4.19. The molecule has 0 amide bonds. The van der Waals surface area contributed by atoms with Crippen molar-refractivity contribution in [3.8, 4) is 0 Å². The van der Waals surface area contributed by atoms with E-state index < -0.39 is 0 Å². The molecule has 0 fully saturated rings. The highest BCUT2D eigenvalue weighted by atomic mass is 79.9. The van der Waals surface area contributed by atoms with Crippen molar-refractivity contribution in [3.05, 3.63) is 57.5 Å². The van der Waals surface area contributed by atoms with Gasteiger partial charge in [0.1, 0.15) is 5.82 Å². The fourth-order valence-electron chi connectivity index (χ4n) is 2.37. The van der Waals surface area contributed by atoms with E-state index in [2.05, 4.69) is 26.2 Å². The van der Waals surface area contributed by atoms with Gasteiger partial charge in [0.05, 0.1) is 10.2 Å². The molecule has 3 rings (SSSR count). The van der Waals surface area contributed by atoms with Crippen LogP contribution in [0.15, 0.2) is 40.4 Å². The van der Waals surface area contributed by atoms with E-state index in [9.17, 15) is 4.39 Å². The molecule has 2 aromatic heterocycles. The van der Waals surface area contributed by atoms with Gasteiger partial charge in [-0.25, -0.2) is 9.37 Å². The van der Waals surface area contributed by atoms with Crippen LogP contribution in [0.4, 0.5) is 4.39 Å². The summed E-state index contributed by atoms with van der Waals surface area (Å²) in [5, 5.41) is 5.41. The molecule has 1 N–H and O–H groups in total. The average molecular weight is 368 g/mol. The highest BCUT2D eigenvalue weighted by Crippen LogP contribution is 2.24. The smallest absolute Gasteiger partial charge is 0.193 e. The van der Waals surface area contributed by atoms with Gasteiger partial charge in [-0.05, 0) is 40.2 Å². The van der Waals surface area contributed by atoms with E-state index in [1.54, 1.807) is 23.5 Å². The van der Waals surface area contributed by atoms with Gasteiger partial charge in [0, 0.05) is 30.2 Å². The average Bonchev–Trinajstić information content (AvgIpc) is 3.02. The van der Waals surface area contributed by atoms with Gasteiger partial charge in [0.15, 0.2) is 4.96 Å². The molecule has 3 nitrogen and oxygen atoms in total. The van der Waals surface area contributed by atoms with Crippen LogP contribution in [0.3, 0.4) is 0 Å². The first-order chi connectivity index (χ1) is 10.2. The third kappa shape index (κ3) is 3.17. The molecular formula is C15H15BrFN3S. The normalized spacial score (nSPS) is 12.9. The van der Waals surface area contributed by atoms with E-state index in [1.807, 2.05) is 35.2 Å². The van der Waals surface area contributed by atoms with E-state index >= 15 is 0 Å². The van der Waals surface area contributed by atoms with Gasteiger partial charge in [0.2, 0.25) is 0 Å². The minimum Gasteiger partial charge on any atom is -0.310 e. The summed E-state index contributed by atoms with van der Waals surface area (Å²) in [6, 6.07) is 5.33. The number of rotatable bonds is 5. The van der Waals surface area contributed by atoms with Crippen LogP contribution in [0.25, 0.3) is 4.96 Å². The van der Waals surface area contributed by atoms with Gasteiger partial charge in [-0.2, -0.15) is 0 Å². The second kappa shape index (κ2) is 6.25. The number of fused-ring (bicyclic) bond motifs is 1. The van der Waals surface area contributed by atoms with Gasteiger partial charge in [0.25, 0.3) is 0 Å². The maximum atomic E-state index is 13.7. The Morgan fingerprint density at radius 1 is 1.48 bits per heavy atom. The molecule has 0 aliphatic rings. The largest absolute Gasteiger partial charge is 0.310 e. The van der Waals surface area contributed by atoms with Crippen LogP contribution < -0.4 is 5.32 Å². The quantitative estimate of drug-likeness (QED) is 0.732. The highest BCUT2D eigenvalue weighted by molar-refractivity contribution is 9.10. The molecule has 0 aliphatic heterocycles. The first kappa shape index (κ1) is 14.7. The summed E-state index contributed by atoms with van der Waals surface area (Å²) in [6.07, 6.45) is 4.77. The van der Waals surface area contributed by atoms with Crippen LogP contribution in [-0.4, -0.2) is 15.9 Å². The summed E-state index contributed by atoms with van der Waals surface area (Å²) in [5.74, 6) is -0.235. The van der Waals surface area contributed by atoms with Crippen molar-refractivity contribution in [1.82, 2.24) is 14.7 Å². The van der Waals surface area contributed by atoms with Crippen molar-refractivity contribution in [2.75, 3.05) is 6.54 Å². The molecule has 0 spiro atoms. The monoisotopic (exact) mass is 367 g/mol. The Morgan fingerprint density at radius 3 is 3.05 bits per heavy atom. The molecule has 0 aliphatic carbocycles. The van der Waals surface area contributed by atoms with Crippen molar-refractivity contribution < 1.29 is 4.39 Å². The van der Waals surface area contributed by atoms with Crippen LogP contribution in [0.2, 0.25) is 0 Å². The van der Waals surface area contributed by atoms with Crippen LogP contribution >= 0.6 is 27.3 Å². The molecule has 1 unspecified atom stereocenters. The van der Waals surface area contributed by atoms with Crippen molar-refractivity contribution in [2.24, 2.45) is 0 Å². The first-order valence-electron chi connectivity index (χ1n) is 6.76. The molecule has 0 saturated heterocycles. The summed E-state index contributed by atoms with van der Waals surface area (Å²) < 4.78 is 16.3. The predicted molar refractivity (Wildman–Crippen MR) is 87.3 cm³/mol. The van der Waals surface area contributed by atoms with Crippen LogP contribution in [0.1, 0.15) is 24.2 Å². The van der Waals surface area contributed by atoms with E-state index in [4.69, 9.17) is 0 Å². The maximum absolute atomic E-state index is 13.7. The van der Waals surface area contributed by atoms with E-state index in [0.29, 0.717) is 4.47 Å². The van der Waals surface area contributed by atoms with Crippen LogP contribution in [0, 0.1) is 5.82 Å². The highest BCUT2D eigenvalue weighted by Gasteiger charge is 2.15. The lowest BCUT2D eigenvalue weighted by Gasteiger charge is -2.17. The Balaban J connectivity index is 1.86. The Labute approximate surface area is 135 Å². The Morgan fingerprint density at radius 2 is 2.33 bits per heavy atom. The zero-order chi connectivity index (χ0) is 14.8. The van der Waals surface area contributed by atoms with E-state index in [0.717, 1.165) is 29.2 Å². The molecule has 110 valence electrons. The number of hydrogen-bond acceptors (Lipinski definition) is 3. The Bertz CT molecular complexity index is 724. The molecule has 3 aromatic rings. The van der Waals surface area contributed by atoms with Gasteiger partial charge >= 0.3 is 0 Å². The summed E-state index contributed by atoms with van der Waals surface area (Å²) in [7, 11) is 0. The minimum absolute atomic E-state index is 0.0576. The molecule has 0 saturated carbocycles. The van der Waals surface area contributed by atoms with Crippen molar-refractivity contribution in [2.45, 2.75) is 19.4 Å². The third-order valence-electron chi connectivity index (χ3n) is 3.35. The third-order valence-corrected chi connectivity index (χ3v) is 4.77. The number of imidazole rings is 1. The Kier molecular flexibility index (Phi) is 4.37. The lowest BCUT2D eigenvalue weighted by Crippen LogP contribution is -2.23. The number of nitrogens with one attached hydrogen (secondary N) is 1. The van der Waals surface area contributed by atoms with Crippen LogP contribution in [-0.2, 0) is 6.42 Å². The molecule has 2 heterocycles. The summed E-state index contributed by atoms with van der Waals surface area (Å²) in [4.78, 5) is 5.59. The molecule has 21 heavy (non-hydrogen) atoms. The lowest BCUT2D eigenvalue weighted by atomic mass is 10.0. The first-order valence-corrected chi connectivity index (χ1v) is 8.44. The van der Waals surface area contributed by atoms with Crippen molar-refractivity contribution in [3.63, 3.8) is 0 Å². The summed E-state index contributed by atoms with van der Waals surface area (Å²) >= 11 is 4.81. The zero-order valence-corrected chi connectivity index (χ0v) is 13.9. The summed E-state index contributed by atoms with van der Waals surface area (Å²) in [5.41, 5.74) is 1.95. The van der Waals surface area contributed by atoms with Crippen LogP contribution in [0.5, 0.6) is 0 Å². The van der Waals surface area contributed by atoms with Crippen molar-refractivity contribution in [1.29, 1.82) is 0 Å². The van der Waals surface area contributed by atoms with Gasteiger partial charge in [-0.3, -0.25) is 4.40 Å². The molecule has 0 radical (unpaired) electrons.